The summed E-state index contributed by atoms with van der Waals surface area (Å²) in [6.45, 7) is 11.0. The molecule has 1 aliphatic carbocycles. The Kier molecular flexibility index (Phi) is 7.69. The second kappa shape index (κ2) is 11.1. The molecule has 0 bridgehead atoms. The molecule has 1 aromatic carbocycles. The normalized spacial score (nSPS) is 20.8. The predicted molar refractivity (Wildman–Crippen MR) is 146 cm³/mol. The lowest BCUT2D eigenvalue weighted by atomic mass is 9.95. The summed E-state index contributed by atoms with van der Waals surface area (Å²) in [5.74, 6) is 0.751. The molecular formula is C29H42N6. The van der Waals surface area contributed by atoms with Crippen LogP contribution in [0.4, 0.5) is 5.95 Å². The van der Waals surface area contributed by atoms with Crippen LogP contribution in [0, 0.1) is 0 Å². The molecular weight excluding hydrogens is 432 g/mol. The van der Waals surface area contributed by atoms with Crippen molar-refractivity contribution in [3.05, 3.63) is 42.2 Å². The van der Waals surface area contributed by atoms with E-state index < -0.39 is 0 Å². The van der Waals surface area contributed by atoms with Crippen LogP contribution in [0.3, 0.4) is 0 Å². The van der Waals surface area contributed by atoms with Gasteiger partial charge in [0.15, 0.2) is 0 Å². The summed E-state index contributed by atoms with van der Waals surface area (Å²) in [5.41, 5.74) is 4.96. The van der Waals surface area contributed by atoms with Crippen LogP contribution in [0.25, 0.3) is 22.2 Å². The predicted octanol–water partition coefficient (Wildman–Crippen LogP) is 6.00. The molecule has 3 heterocycles. The molecule has 1 saturated heterocycles. The molecule has 1 aliphatic heterocycles. The Morgan fingerprint density at radius 1 is 1.14 bits per heavy atom. The first-order valence-corrected chi connectivity index (χ1v) is 13.8. The van der Waals surface area contributed by atoms with E-state index >= 15 is 0 Å². The monoisotopic (exact) mass is 474 g/mol. The molecule has 5 rings (SSSR count). The van der Waals surface area contributed by atoms with Gasteiger partial charge in [0, 0.05) is 67.6 Å². The number of hydrogen-bond acceptors (Lipinski definition) is 5. The highest BCUT2D eigenvalue weighted by molar-refractivity contribution is 5.94. The van der Waals surface area contributed by atoms with E-state index in [0.717, 1.165) is 56.0 Å². The number of nitrogens with one attached hydrogen (secondary N) is 2. The second-order valence-electron chi connectivity index (χ2n) is 10.7. The van der Waals surface area contributed by atoms with Crippen molar-refractivity contribution >= 4 is 17.0 Å². The number of aromatic nitrogens is 3. The molecule has 6 heteroatoms. The average Bonchev–Trinajstić information content (AvgIpc) is 3.25. The minimum atomic E-state index is 0.376. The number of hydrogen-bond donors (Lipinski definition) is 2. The Labute approximate surface area is 210 Å². The van der Waals surface area contributed by atoms with Gasteiger partial charge >= 0.3 is 0 Å². The van der Waals surface area contributed by atoms with E-state index in [1.165, 1.54) is 48.8 Å². The molecule has 0 amide bonds. The first-order chi connectivity index (χ1) is 17.1. The highest BCUT2D eigenvalue weighted by atomic mass is 15.2. The highest BCUT2D eigenvalue weighted by Crippen LogP contribution is 2.36. The Bertz CT molecular complexity index is 1100. The van der Waals surface area contributed by atoms with Crippen molar-refractivity contribution in [2.24, 2.45) is 0 Å². The van der Waals surface area contributed by atoms with Crippen molar-refractivity contribution in [1.29, 1.82) is 0 Å². The third-order valence-electron chi connectivity index (χ3n) is 7.93. The standard InChI is InChI=1S/C29H42N6/c1-4-8-21(2)32-29-31-18-26-27(20-35(28(26)33-29)25-9-6-5-7-10-25)24-13-11-23(12-14-24)19-34-16-15-30-17-22(34)3/h11-14,18,20-22,25,30H,4-10,15-17,19H2,1-3H3,(H,31,32,33)/t21?,22-/m1/s1. The maximum absolute atomic E-state index is 5.05. The molecule has 0 spiro atoms. The fraction of sp³-hybridized carbons (Fsp3) is 0.586. The van der Waals surface area contributed by atoms with Gasteiger partial charge in [0.1, 0.15) is 5.65 Å². The molecule has 2 N–H and O–H groups in total. The second-order valence-corrected chi connectivity index (χ2v) is 10.7. The van der Waals surface area contributed by atoms with Gasteiger partial charge in [-0.25, -0.2) is 4.98 Å². The van der Waals surface area contributed by atoms with Gasteiger partial charge in [-0.1, -0.05) is 56.9 Å². The first kappa shape index (κ1) is 24.3. The fourth-order valence-corrected chi connectivity index (χ4v) is 5.83. The van der Waals surface area contributed by atoms with Gasteiger partial charge in [-0.2, -0.15) is 4.98 Å². The number of rotatable bonds is 8. The minimum absolute atomic E-state index is 0.376. The summed E-state index contributed by atoms with van der Waals surface area (Å²) in [6.07, 6.45) is 13.1. The smallest absolute Gasteiger partial charge is 0.224 e. The summed E-state index contributed by atoms with van der Waals surface area (Å²) in [7, 11) is 0. The van der Waals surface area contributed by atoms with Crippen molar-refractivity contribution < 1.29 is 0 Å². The van der Waals surface area contributed by atoms with E-state index in [-0.39, 0.29) is 0 Å². The molecule has 6 nitrogen and oxygen atoms in total. The zero-order chi connectivity index (χ0) is 24.2. The third-order valence-corrected chi connectivity index (χ3v) is 7.93. The van der Waals surface area contributed by atoms with E-state index in [9.17, 15) is 0 Å². The van der Waals surface area contributed by atoms with Gasteiger partial charge in [-0.3, -0.25) is 4.90 Å². The van der Waals surface area contributed by atoms with Crippen LogP contribution < -0.4 is 10.6 Å². The van der Waals surface area contributed by atoms with E-state index in [4.69, 9.17) is 9.97 Å². The van der Waals surface area contributed by atoms with Crippen LogP contribution >= 0.6 is 0 Å². The van der Waals surface area contributed by atoms with Crippen LogP contribution in [-0.2, 0) is 6.54 Å². The minimum Gasteiger partial charge on any atom is -0.352 e. The lowest BCUT2D eigenvalue weighted by Gasteiger charge is -2.33. The molecule has 2 aromatic heterocycles. The average molecular weight is 475 g/mol. The Morgan fingerprint density at radius 3 is 2.69 bits per heavy atom. The molecule has 1 unspecified atom stereocenters. The highest BCUT2D eigenvalue weighted by Gasteiger charge is 2.22. The largest absolute Gasteiger partial charge is 0.352 e. The SMILES string of the molecule is CCCC(C)Nc1ncc2c(-c3ccc(CN4CCNC[C@H]4C)cc3)cn(C3CCCCC3)c2n1. The number of benzene rings is 1. The van der Waals surface area contributed by atoms with E-state index in [2.05, 4.69) is 71.3 Å². The van der Waals surface area contributed by atoms with Crippen molar-refractivity contribution in [2.45, 2.75) is 90.4 Å². The maximum atomic E-state index is 5.05. The summed E-state index contributed by atoms with van der Waals surface area (Å²) in [5, 5.41) is 8.17. The quantitative estimate of drug-likeness (QED) is 0.419. The van der Waals surface area contributed by atoms with Crippen LogP contribution in [0.15, 0.2) is 36.7 Å². The Morgan fingerprint density at radius 2 is 1.94 bits per heavy atom. The Balaban J connectivity index is 1.44. The van der Waals surface area contributed by atoms with Crippen molar-refractivity contribution in [2.75, 3.05) is 25.0 Å². The van der Waals surface area contributed by atoms with Crippen LogP contribution in [0.1, 0.15) is 77.3 Å². The van der Waals surface area contributed by atoms with Gasteiger partial charge < -0.3 is 15.2 Å². The van der Waals surface area contributed by atoms with Crippen LogP contribution in [-0.4, -0.2) is 51.2 Å². The van der Waals surface area contributed by atoms with Gasteiger partial charge in [-0.15, -0.1) is 0 Å². The third kappa shape index (κ3) is 5.54. The summed E-state index contributed by atoms with van der Waals surface area (Å²) in [4.78, 5) is 12.4. The van der Waals surface area contributed by atoms with Gasteiger partial charge in [0.2, 0.25) is 5.95 Å². The van der Waals surface area contributed by atoms with Gasteiger partial charge in [0.25, 0.3) is 0 Å². The summed E-state index contributed by atoms with van der Waals surface area (Å²) >= 11 is 0. The van der Waals surface area contributed by atoms with Crippen molar-refractivity contribution in [1.82, 2.24) is 24.8 Å². The molecule has 2 atom stereocenters. The van der Waals surface area contributed by atoms with Gasteiger partial charge in [-0.05, 0) is 44.2 Å². The molecule has 3 aromatic rings. The molecule has 2 aliphatic rings. The van der Waals surface area contributed by atoms with Crippen LogP contribution in [0.2, 0.25) is 0 Å². The first-order valence-electron chi connectivity index (χ1n) is 13.8. The molecule has 2 fully saturated rings. The molecule has 1 saturated carbocycles. The zero-order valence-electron chi connectivity index (χ0n) is 21.8. The van der Waals surface area contributed by atoms with Crippen molar-refractivity contribution in [3.8, 4) is 11.1 Å². The van der Waals surface area contributed by atoms with E-state index in [1.807, 2.05) is 6.20 Å². The number of anilines is 1. The lowest BCUT2D eigenvalue weighted by Crippen LogP contribution is -2.49. The Hall–Kier alpha value is -2.44. The van der Waals surface area contributed by atoms with E-state index in [0.29, 0.717) is 18.1 Å². The van der Waals surface area contributed by atoms with Crippen LogP contribution in [0.5, 0.6) is 0 Å². The topological polar surface area (TPSA) is 58.0 Å². The number of fused-ring (bicyclic) bond motifs is 1. The van der Waals surface area contributed by atoms with Gasteiger partial charge in [0.05, 0.1) is 0 Å². The molecule has 0 radical (unpaired) electrons. The zero-order valence-corrected chi connectivity index (χ0v) is 21.8. The lowest BCUT2D eigenvalue weighted by molar-refractivity contribution is 0.165. The molecule has 35 heavy (non-hydrogen) atoms. The summed E-state index contributed by atoms with van der Waals surface area (Å²) in [6, 6.07) is 10.7. The van der Waals surface area contributed by atoms with E-state index in [1.54, 1.807) is 0 Å². The summed E-state index contributed by atoms with van der Waals surface area (Å²) < 4.78 is 2.46. The van der Waals surface area contributed by atoms with Crippen molar-refractivity contribution in [3.63, 3.8) is 0 Å². The maximum Gasteiger partial charge on any atom is 0.224 e. The fourth-order valence-electron chi connectivity index (χ4n) is 5.83. The number of nitrogens with zero attached hydrogens (tertiary/aromatic N) is 4. The molecule has 188 valence electrons. The number of piperazine rings is 1.